The lowest BCUT2D eigenvalue weighted by atomic mass is 10.1. The van der Waals surface area contributed by atoms with Gasteiger partial charge < -0.3 is 38.5 Å². The Morgan fingerprint density at radius 2 is 0.391 bits per heavy atom. The molecule has 0 aromatic heterocycles. The average molecular weight is 1300 g/mol. The molecule has 0 aromatic rings. The van der Waals surface area contributed by atoms with E-state index >= 15 is 0 Å². The minimum atomic E-state index is -0.144. The lowest BCUT2D eigenvalue weighted by molar-refractivity contribution is -0.146. The van der Waals surface area contributed by atoms with E-state index in [4.69, 9.17) is 18.9 Å². The van der Waals surface area contributed by atoms with Gasteiger partial charge in [0.1, 0.15) is 0 Å². The molecular weight excluding hydrogens is 1140 g/mol. The topological polar surface area (TPSA) is 118 Å². The van der Waals surface area contributed by atoms with Crippen molar-refractivity contribution in [3.63, 3.8) is 0 Å². The minimum Gasteiger partial charge on any atom is -0.466 e. The van der Waals surface area contributed by atoms with E-state index in [1.54, 1.807) is 0 Å². The number of unbranched alkanes of at least 4 members (excludes halogenated alkanes) is 44. The number of ether oxygens (including phenoxy) is 4. The van der Waals surface area contributed by atoms with Crippen LogP contribution < -0.4 is 0 Å². The molecule has 0 saturated carbocycles. The van der Waals surface area contributed by atoms with Gasteiger partial charge in [-0.3, -0.25) is 19.2 Å². The van der Waals surface area contributed by atoms with Gasteiger partial charge in [0.2, 0.25) is 0 Å². The van der Waals surface area contributed by atoms with Crippen LogP contribution >= 0.6 is 0 Å². The third-order valence-electron chi connectivity index (χ3n) is 18.9. The number of hydrogen-bond acceptors (Lipinski definition) is 12. The first kappa shape index (κ1) is 89.7. The summed E-state index contributed by atoms with van der Waals surface area (Å²) in [6, 6.07) is 0. The van der Waals surface area contributed by atoms with Crippen LogP contribution in [0.5, 0.6) is 0 Å². The molecule has 0 bridgehead atoms. The quantitative estimate of drug-likeness (QED) is 0.0328. The Kier molecular flexibility index (Phi) is 72.7. The Hall–Kier alpha value is -2.28. The molecule has 0 aliphatic heterocycles. The Bertz CT molecular complexity index is 1450. The Morgan fingerprint density at radius 1 is 0.196 bits per heavy atom. The highest BCUT2D eigenvalue weighted by atomic mass is 16.5. The number of likely N-dealkylation sites (N-methyl/N-ethyl adjacent to an activating group) is 1. The number of esters is 4. The Morgan fingerprint density at radius 3 is 0.609 bits per heavy atom. The molecule has 12 heteroatoms. The van der Waals surface area contributed by atoms with Gasteiger partial charge in [0.15, 0.2) is 0 Å². The van der Waals surface area contributed by atoms with E-state index < -0.39 is 0 Å². The molecule has 0 aliphatic carbocycles. The largest absolute Gasteiger partial charge is 0.466 e. The highest BCUT2D eigenvalue weighted by Crippen LogP contribution is 2.17. The summed E-state index contributed by atoms with van der Waals surface area (Å²) < 4.78 is 22.9. The zero-order valence-electron chi connectivity index (χ0n) is 62.6. The molecule has 0 unspecified atom stereocenters. The van der Waals surface area contributed by atoms with Gasteiger partial charge in [-0.15, -0.1) is 0 Å². The van der Waals surface area contributed by atoms with Gasteiger partial charge in [0.25, 0.3) is 0 Å². The first-order chi connectivity index (χ1) is 45.2. The number of nitrogens with zero attached hydrogens (tertiary/aromatic N) is 4. The number of carbonyl (C=O) groups is 4. The maximum absolute atomic E-state index is 13.0. The van der Waals surface area contributed by atoms with Crippen molar-refractivity contribution in [2.24, 2.45) is 0 Å². The summed E-state index contributed by atoms with van der Waals surface area (Å²) in [6.07, 6.45) is 65.7. The number of carbonyl (C=O) groups excluding carboxylic acids is 4. The fourth-order valence-electron chi connectivity index (χ4n) is 12.6. The second kappa shape index (κ2) is 74.5. The van der Waals surface area contributed by atoms with Crippen LogP contribution in [0.15, 0.2) is 0 Å². The summed E-state index contributed by atoms with van der Waals surface area (Å²) >= 11 is 0. The molecule has 0 saturated heterocycles. The first-order valence-electron chi connectivity index (χ1n) is 40.7. The van der Waals surface area contributed by atoms with Gasteiger partial charge in [-0.25, -0.2) is 0 Å². The Balaban J connectivity index is 5.18. The van der Waals surface area contributed by atoms with Crippen molar-refractivity contribution in [3.05, 3.63) is 0 Å². The third-order valence-corrected chi connectivity index (χ3v) is 18.9. The van der Waals surface area contributed by atoms with Crippen LogP contribution in [0, 0.1) is 0 Å². The maximum atomic E-state index is 13.0. The second-order valence-corrected chi connectivity index (χ2v) is 28.0. The standard InChI is InChI=1S/C80H158N4O8/c1-7-12-16-20-24-28-32-36-40-44-48-52-73-89-77(85)58-67-83(68-59-78(86)90-74-53-49-45-41-37-33-29-25-21-17-13-8-2)64-56-63-81(6)71-72-82(62-11-5)65-57-66-84(69-60-79(87)91-75-54-50-46-42-38-34-30-26-22-18-14-9-3)70-61-80(88)92-76-55-51-47-43-39-35-31-27-23-19-15-10-4/h7-76H2,1-6H3. The lowest BCUT2D eigenvalue weighted by Crippen LogP contribution is -2.38. The van der Waals surface area contributed by atoms with E-state index in [9.17, 15) is 19.2 Å². The van der Waals surface area contributed by atoms with Crippen LogP contribution in [0.1, 0.15) is 388 Å². The molecule has 0 spiro atoms. The van der Waals surface area contributed by atoms with Gasteiger partial charge in [0, 0.05) is 39.3 Å². The van der Waals surface area contributed by atoms with E-state index in [0.29, 0.717) is 78.3 Å². The molecule has 12 nitrogen and oxygen atoms in total. The number of rotatable bonds is 77. The summed E-state index contributed by atoms with van der Waals surface area (Å²) in [7, 11) is 2.20. The first-order valence-corrected chi connectivity index (χ1v) is 40.7. The van der Waals surface area contributed by atoms with E-state index in [0.717, 1.165) is 116 Å². The predicted molar refractivity (Wildman–Crippen MR) is 393 cm³/mol. The Labute approximate surface area is 572 Å². The average Bonchev–Trinajstić information content (AvgIpc) is 3.77. The third kappa shape index (κ3) is 69.1. The van der Waals surface area contributed by atoms with Crippen LogP contribution in [0.2, 0.25) is 0 Å². The van der Waals surface area contributed by atoms with Crippen LogP contribution in [0.25, 0.3) is 0 Å². The van der Waals surface area contributed by atoms with Crippen LogP contribution in [-0.4, -0.2) is 149 Å². The fourth-order valence-corrected chi connectivity index (χ4v) is 12.6. The molecular formula is C80H158N4O8. The molecule has 0 rings (SSSR count). The monoisotopic (exact) mass is 1300 g/mol. The molecule has 0 amide bonds. The van der Waals surface area contributed by atoms with E-state index in [1.165, 1.54) is 257 Å². The molecule has 546 valence electrons. The molecule has 0 N–H and O–H groups in total. The van der Waals surface area contributed by atoms with Crippen molar-refractivity contribution >= 4 is 23.9 Å². The second-order valence-electron chi connectivity index (χ2n) is 28.0. The van der Waals surface area contributed by atoms with Gasteiger partial charge in [-0.05, 0) is 84.7 Å². The van der Waals surface area contributed by atoms with Crippen molar-refractivity contribution in [1.29, 1.82) is 0 Å². The van der Waals surface area contributed by atoms with Crippen molar-refractivity contribution in [1.82, 2.24) is 19.6 Å². The molecule has 92 heavy (non-hydrogen) atoms. The van der Waals surface area contributed by atoms with Crippen molar-refractivity contribution in [2.45, 2.75) is 388 Å². The molecule has 0 atom stereocenters. The van der Waals surface area contributed by atoms with Gasteiger partial charge >= 0.3 is 23.9 Å². The normalized spacial score (nSPS) is 11.7. The van der Waals surface area contributed by atoms with E-state index in [-0.39, 0.29) is 23.9 Å². The molecule has 0 aromatic carbocycles. The van der Waals surface area contributed by atoms with Gasteiger partial charge in [-0.2, -0.15) is 0 Å². The molecule has 0 heterocycles. The van der Waals surface area contributed by atoms with E-state index in [1.807, 2.05) is 0 Å². The summed E-state index contributed by atoms with van der Waals surface area (Å²) in [5.41, 5.74) is 0. The summed E-state index contributed by atoms with van der Waals surface area (Å²) in [5, 5.41) is 0. The molecule has 0 aliphatic rings. The summed E-state index contributed by atoms with van der Waals surface area (Å²) in [6.45, 7) is 22.0. The zero-order chi connectivity index (χ0) is 66.9. The maximum Gasteiger partial charge on any atom is 0.307 e. The van der Waals surface area contributed by atoms with E-state index in [2.05, 4.69) is 61.3 Å². The smallest absolute Gasteiger partial charge is 0.307 e. The molecule has 0 fully saturated rings. The van der Waals surface area contributed by atoms with Crippen LogP contribution in [0.4, 0.5) is 0 Å². The fraction of sp³-hybridized carbons (Fsp3) is 0.950. The van der Waals surface area contributed by atoms with Crippen molar-refractivity contribution in [2.75, 3.05) is 105 Å². The summed E-state index contributed by atoms with van der Waals surface area (Å²) in [5.74, 6) is -0.572. The van der Waals surface area contributed by atoms with Crippen molar-refractivity contribution in [3.8, 4) is 0 Å². The predicted octanol–water partition coefficient (Wildman–Crippen LogP) is 21.6. The van der Waals surface area contributed by atoms with Crippen molar-refractivity contribution < 1.29 is 38.1 Å². The molecule has 0 radical (unpaired) electrons. The van der Waals surface area contributed by atoms with Crippen LogP contribution in [-0.2, 0) is 38.1 Å². The lowest BCUT2D eigenvalue weighted by Gasteiger charge is -2.28. The minimum absolute atomic E-state index is 0.142. The van der Waals surface area contributed by atoms with Crippen LogP contribution in [0.3, 0.4) is 0 Å². The van der Waals surface area contributed by atoms with Gasteiger partial charge in [0.05, 0.1) is 52.1 Å². The zero-order valence-corrected chi connectivity index (χ0v) is 62.6. The highest BCUT2D eigenvalue weighted by molar-refractivity contribution is 5.71. The van der Waals surface area contributed by atoms with Gasteiger partial charge in [-0.1, -0.05) is 317 Å². The number of hydrogen-bond donors (Lipinski definition) is 0. The highest BCUT2D eigenvalue weighted by Gasteiger charge is 2.16. The SMILES string of the molecule is CCCCCCCCCCCCCCOC(=O)CCN(CCCN(C)CCN(CCC)CCCN(CCC(=O)OCCCCCCCCCCCCCC)CCC(=O)OCCCCCCCCCCCCCC)CCC(=O)OCCCCCCCCCCCCCC. The summed E-state index contributed by atoms with van der Waals surface area (Å²) in [4.78, 5) is 61.5.